The van der Waals surface area contributed by atoms with Crippen molar-refractivity contribution in [2.24, 2.45) is 7.05 Å². The van der Waals surface area contributed by atoms with Gasteiger partial charge < -0.3 is 9.84 Å². The Bertz CT molecular complexity index is 1370. The fourth-order valence-corrected chi connectivity index (χ4v) is 3.43. The number of benzene rings is 1. The minimum atomic E-state index is -1.16. The van der Waals surface area contributed by atoms with Crippen LogP contribution in [0, 0.1) is 13.8 Å². The van der Waals surface area contributed by atoms with E-state index in [2.05, 4.69) is 20.1 Å². The summed E-state index contributed by atoms with van der Waals surface area (Å²) in [6, 6.07) is 11.1. The second-order valence-electron chi connectivity index (χ2n) is 8.37. The van der Waals surface area contributed by atoms with Crippen LogP contribution in [0.3, 0.4) is 0 Å². The first-order valence-electron chi connectivity index (χ1n) is 10.5. The highest BCUT2D eigenvalue weighted by molar-refractivity contribution is 5.62. The molecule has 4 aromatic rings. The number of aliphatic hydroxyl groups is 1. The van der Waals surface area contributed by atoms with E-state index in [1.54, 1.807) is 49.2 Å². The van der Waals surface area contributed by atoms with Crippen molar-refractivity contribution in [3.05, 3.63) is 82.1 Å². The zero-order valence-corrected chi connectivity index (χ0v) is 19.3. The smallest absolute Gasteiger partial charge is 0.264 e. The Morgan fingerprint density at radius 3 is 2.61 bits per heavy atom. The van der Waals surface area contributed by atoms with Gasteiger partial charge in [0.15, 0.2) is 5.82 Å². The van der Waals surface area contributed by atoms with Gasteiger partial charge in [-0.25, -0.2) is 9.97 Å². The summed E-state index contributed by atoms with van der Waals surface area (Å²) >= 11 is 0. The molecule has 0 spiro atoms. The van der Waals surface area contributed by atoms with Crippen LogP contribution in [0.2, 0.25) is 0 Å². The second-order valence-corrected chi connectivity index (χ2v) is 8.37. The lowest BCUT2D eigenvalue weighted by Crippen LogP contribution is -2.25. The van der Waals surface area contributed by atoms with E-state index in [0.29, 0.717) is 34.5 Å². The molecule has 3 aromatic heterocycles. The first-order valence-corrected chi connectivity index (χ1v) is 10.5. The first-order chi connectivity index (χ1) is 15.6. The molecule has 3 heterocycles. The van der Waals surface area contributed by atoms with Crippen molar-refractivity contribution in [3.8, 4) is 22.8 Å². The molecule has 0 aliphatic carbocycles. The third kappa shape index (κ3) is 4.68. The highest BCUT2D eigenvalue weighted by Gasteiger charge is 2.20. The molecule has 0 saturated carbocycles. The number of ether oxygens (including phenoxy) is 1. The summed E-state index contributed by atoms with van der Waals surface area (Å²) in [5.41, 5.74) is 1.89. The average Bonchev–Trinajstić information content (AvgIpc) is 3.20. The zero-order chi connectivity index (χ0) is 23.8. The molecule has 0 aliphatic rings. The normalized spacial score (nSPS) is 11.6. The predicted molar refractivity (Wildman–Crippen MR) is 123 cm³/mol. The van der Waals surface area contributed by atoms with Crippen molar-refractivity contribution in [3.63, 3.8) is 0 Å². The van der Waals surface area contributed by atoms with Crippen molar-refractivity contribution >= 4 is 0 Å². The third-order valence-electron chi connectivity index (χ3n) is 5.16. The van der Waals surface area contributed by atoms with E-state index >= 15 is 0 Å². The summed E-state index contributed by atoms with van der Waals surface area (Å²) in [7, 11) is 1.83. The Morgan fingerprint density at radius 1 is 1.12 bits per heavy atom. The Hall–Kier alpha value is -3.85. The molecule has 0 fully saturated rings. The lowest BCUT2D eigenvalue weighted by molar-refractivity contribution is 0.0688. The predicted octanol–water partition coefficient (Wildman–Crippen LogP) is 2.85. The second kappa shape index (κ2) is 8.59. The fourth-order valence-electron chi connectivity index (χ4n) is 3.43. The van der Waals surface area contributed by atoms with Crippen molar-refractivity contribution < 1.29 is 9.84 Å². The molecule has 9 heteroatoms. The van der Waals surface area contributed by atoms with E-state index in [0.717, 1.165) is 11.3 Å². The maximum atomic E-state index is 13.2. The van der Waals surface area contributed by atoms with Crippen LogP contribution in [-0.4, -0.2) is 34.4 Å². The molecular weight excluding hydrogens is 420 g/mol. The number of aromatic nitrogens is 6. The minimum Gasteiger partial charge on any atom is -0.471 e. The van der Waals surface area contributed by atoms with Crippen molar-refractivity contribution in [1.29, 1.82) is 0 Å². The quantitative estimate of drug-likeness (QED) is 0.485. The largest absolute Gasteiger partial charge is 0.471 e. The van der Waals surface area contributed by atoms with Gasteiger partial charge in [-0.1, -0.05) is 12.1 Å². The summed E-state index contributed by atoms with van der Waals surface area (Å²) in [4.78, 5) is 26.4. The summed E-state index contributed by atoms with van der Waals surface area (Å²) in [6.45, 7) is 6.96. The van der Waals surface area contributed by atoms with Gasteiger partial charge in [0.25, 0.3) is 5.56 Å². The van der Waals surface area contributed by atoms with E-state index in [1.165, 1.54) is 0 Å². The van der Waals surface area contributed by atoms with Gasteiger partial charge in [0, 0.05) is 25.0 Å². The van der Waals surface area contributed by atoms with E-state index in [-0.39, 0.29) is 12.2 Å². The molecule has 1 N–H and O–H groups in total. The van der Waals surface area contributed by atoms with E-state index < -0.39 is 5.60 Å². The van der Waals surface area contributed by atoms with E-state index in [1.807, 2.05) is 43.6 Å². The van der Waals surface area contributed by atoms with Crippen LogP contribution in [0.1, 0.15) is 36.8 Å². The van der Waals surface area contributed by atoms with Crippen LogP contribution < -0.4 is 10.3 Å². The lowest BCUT2D eigenvalue weighted by Gasteiger charge is -2.16. The Morgan fingerprint density at radius 2 is 1.91 bits per heavy atom. The Labute approximate surface area is 191 Å². The van der Waals surface area contributed by atoms with Crippen LogP contribution >= 0.6 is 0 Å². The van der Waals surface area contributed by atoms with E-state index in [9.17, 15) is 9.90 Å². The Kier molecular flexibility index (Phi) is 5.82. The number of hydrogen-bond donors (Lipinski definition) is 1. The molecule has 0 saturated heterocycles. The van der Waals surface area contributed by atoms with Crippen LogP contribution in [0.25, 0.3) is 16.9 Å². The molecule has 0 bridgehead atoms. The van der Waals surface area contributed by atoms with Crippen LogP contribution in [0.15, 0.2) is 53.6 Å². The van der Waals surface area contributed by atoms with Gasteiger partial charge in [-0.3, -0.25) is 14.0 Å². The van der Waals surface area contributed by atoms with Crippen LogP contribution in [-0.2, 0) is 19.3 Å². The lowest BCUT2D eigenvalue weighted by atomic mass is 10.1. The molecule has 4 rings (SSSR count). The van der Waals surface area contributed by atoms with Gasteiger partial charge in [-0.05, 0) is 52.0 Å². The highest BCUT2D eigenvalue weighted by Crippen LogP contribution is 2.24. The summed E-state index contributed by atoms with van der Waals surface area (Å²) in [5.74, 6) is 1.12. The van der Waals surface area contributed by atoms with Gasteiger partial charge in [0.1, 0.15) is 18.0 Å². The first kappa shape index (κ1) is 22.3. The topological polar surface area (TPSA) is 108 Å². The standard InChI is InChI=1S/C24H26N6O3/c1-15-21(33-14-18-10-12-29(5)28-18)26-16(2)30(22(15)31)19-8-6-7-17(13-19)20-9-11-25-23(27-20)24(3,4)32/h6-13,32H,14H2,1-5H3. The van der Waals surface area contributed by atoms with Gasteiger partial charge in [0.05, 0.1) is 22.6 Å². The molecule has 0 unspecified atom stereocenters. The molecule has 0 atom stereocenters. The number of hydrogen-bond acceptors (Lipinski definition) is 7. The number of nitrogens with zero attached hydrogens (tertiary/aromatic N) is 6. The average molecular weight is 447 g/mol. The molecule has 0 radical (unpaired) electrons. The van der Waals surface area contributed by atoms with E-state index in [4.69, 9.17) is 4.74 Å². The minimum absolute atomic E-state index is 0.212. The van der Waals surface area contributed by atoms with Gasteiger partial charge in [-0.15, -0.1) is 0 Å². The molecule has 1 aromatic carbocycles. The van der Waals surface area contributed by atoms with Crippen molar-refractivity contribution in [2.45, 2.75) is 39.9 Å². The van der Waals surface area contributed by atoms with Crippen LogP contribution in [0.4, 0.5) is 0 Å². The molecular formula is C24H26N6O3. The Balaban J connectivity index is 1.69. The van der Waals surface area contributed by atoms with Gasteiger partial charge >= 0.3 is 0 Å². The summed E-state index contributed by atoms with van der Waals surface area (Å²) < 4.78 is 9.02. The fraction of sp³-hybridized carbons (Fsp3) is 0.292. The number of rotatable bonds is 6. The molecule has 9 nitrogen and oxygen atoms in total. The monoisotopic (exact) mass is 446 g/mol. The summed E-state index contributed by atoms with van der Waals surface area (Å²) in [5, 5.41) is 14.5. The highest BCUT2D eigenvalue weighted by atomic mass is 16.5. The number of aryl methyl sites for hydroxylation is 2. The maximum Gasteiger partial charge on any atom is 0.264 e. The molecule has 0 aliphatic heterocycles. The van der Waals surface area contributed by atoms with Crippen molar-refractivity contribution in [2.75, 3.05) is 0 Å². The maximum absolute atomic E-state index is 13.2. The van der Waals surface area contributed by atoms with Crippen LogP contribution in [0.5, 0.6) is 5.88 Å². The molecule has 33 heavy (non-hydrogen) atoms. The van der Waals surface area contributed by atoms with Crippen molar-refractivity contribution in [1.82, 2.24) is 29.3 Å². The SMILES string of the molecule is Cc1c(OCc2ccn(C)n2)nc(C)n(-c2cccc(-c3ccnc(C(C)(C)O)n3)c2)c1=O. The molecule has 170 valence electrons. The molecule has 0 amide bonds. The van der Waals surface area contributed by atoms with Gasteiger partial charge in [0.2, 0.25) is 5.88 Å². The van der Waals surface area contributed by atoms with Gasteiger partial charge in [-0.2, -0.15) is 10.1 Å². The third-order valence-corrected chi connectivity index (χ3v) is 5.16. The zero-order valence-electron chi connectivity index (χ0n) is 19.3. The summed E-state index contributed by atoms with van der Waals surface area (Å²) in [6.07, 6.45) is 3.44.